The highest BCUT2D eigenvalue weighted by Gasteiger charge is 2.43. The lowest BCUT2D eigenvalue weighted by molar-refractivity contribution is -0.0446. The number of piperidine rings is 3. The Kier molecular flexibility index (Phi) is 4.92. The van der Waals surface area contributed by atoms with Crippen molar-refractivity contribution < 1.29 is 0 Å². The van der Waals surface area contributed by atoms with E-state index in [0.717, 1.165) is 29.8 Å². The van der Waals surface area contributed by atoms with E-state index in [1.807, 2.05) is 0 Å². The molecule has 0 saturated carbocycles. The van der Waals surface area contributed by atoms with E-state index in [9.17, 15) is 0 Å². The third-order valence-corrected chi connectivity index (χ3v) is 6.57. The first-order valence-corrected chi connectivity index (χ1v) is 9.31. The van der Waals surface area contributed by atoms with Gasteiger partial charge in [0.05, 0.1) is 0 Å². The molecule has 0 aromatic rings. The molecule has 4 heterocycles. The van der Waals surface area contributed by atoms with Crippen LogP contribution in [0, 0.1) is 17.8 Å². The first-order chi connectivity index (χ1) is 10.1. The minimum absolute atomic E-state index is 0.695. The smallest absolute Gasteiger partial charge is 0.0256 e. The quantitative estimate of drug-likeness (QED) is 0.859. The molecule has 0 spiro atoms. The average Bonchev–Trinajstić information content (AvgIpc) is 2.54. The topological polar surface area (TPSA) is 18.5 Å². The van der Waals surface area contributed by atoms with Gasteiger partial charge in [-0.3, -0.25) is 4.90 Å². The zero-order chi connectivity index (χ0) is 15.0. The van der Waals surface area contributed by atoms with E-state index in [4.69, 9.17) is 0 Å². The van der Waals surface area contributed by atoms with Crippen LogP contribution < -0.4 is 5.32 Å². The minimum Gasteiger partial charge on any atom is -0.311 e. The maximum absolute atomic E-state index is 3.86. The van der Waals surface area contributed by atoms with Crippen LogP contribution in [-0.4, -0.2) is 60.6 Å². The second kappa shape index (κ2) is 6.55. The molecule has 4 atom stereocenters. The van der Waals surface area contributed by atoms with Gasteiger partial charge in [-0.1, -0.05) is 34.1 Å². The zero-order valence-electron chi connectivity index (χ0n) is 14.5. The second-order valence-corrected chi connectivity index (χ2v) is 8.11. The molecule has 2 bridgehead atoms. The molecule has 4 saturated heterocycles. The fraction of sp³-hybridized carbons (Fsp3) is 1.00. The molecular formula is C18H35N3. The molecule has 4 aliphatic rings. The van der Waals surface area contributed by atoms with E-state index < -0.39 is 0 Å². The SMILES string of the molecule is CCC(C)C1CN(C2CN3CCC2CC3)C(C(C)C)CN1. The van der Waals surface area contributed by atoms with Gasteiger partial charge in [-0.25, -0.2) is 0 Å². The van der Waals surface area contributed by atoms with Crippen molar-refractivity contribution in [3.8, 4) is 0 Å². The first kappa shape index (κ1) is 15.8. The van der Waals surface area contributed by atoms with Crippen LogP contribution >= 0.6 is 0 Å². The summed E-state index contributed by atoms with van der Waals surface area (Å²) < 4.78 is 0. The summed E-state index contributed by atoms with van der Waals surface area (Å²) in [6.45, 7) is 16.1. The molecule has 0 radical (unpaired) electrons. The molecule has 0 aromatic heterocycles. The maximum Gasteiger partial charge on any atom is 0.0256 e. The molecule has 21 heavy (non-hydrogen) atoms. The highest BCUT2D eigenvalue weighted by molar-refractivity contribution is 4.99. The number of nitrogens with one attached hydrogen (secondary N) is 1. The van der Waals surface area contributed by atoms with Gasteiger partial charge >= 0.3 is 0 Å². The lowest BCUT2D eigenvalue weighted by Crippen LogP contribution is -2.67. The largest absolute Gasteiger partial charge is 0.311 e. The van der Waals surface area contributed by atoms with Gasteiger partial charge in [-0.2, -0.15) is 0 Å². The number of hydrogen-bond acceptors (Lipinski definition) is 3. The normalized spacial score (nSPS) is 42.4. The fourth-order valence-corrected chi connectivity index (χ4v) is 4.79. The van der Waals surface area contributed by atoms with Crippen LogP contribution in [0.1, 0.15) is 47.0 Å². The predicted octanol–water partition coefficient (Wildman–Crippen LogP) is 2.43. The van der Waals surface area contributed by atoms with Crippen molar-refractivity contribution in [2.24, 2.45) is 17.8 Å². The van der Waals surface area contributed by atoms with E-state index in [1.165, 1.54) is 52.0 Å². The lowest BCUT2D eigenvalue weighted by atomic mass is 9.80. The summed E-state index contributed by atoms with van der Waals surface area (Å²) in [6.07, 6.45) is 4.17. The summed E-state index contributed by atoms with van der Waals surface area (Å²) in [7, 11) is 0. The summed E-state index contributed by atoms with van der Waals surface area (Å²) in [4.78, 5) is 5.64. The van der Waals surface area contributed by atoms with Gasteiger partial charge in [-0.15, -0.1) is 0 Å². The summed E-state index contributed by atoms with van der Waals surface area (Å²) in [5.41, 5.74) is 0. The van der Waals surface area contributed by atoms with Crippen LogP contribution in [0.25, 0.3) is 0 Å². The van der Waals surface area contributed by atoms with Gasteiger partial charge in [0.1, 0.15) is 0 Å². The van der Waals surface area contributed by atoms with Crippen molar-refractivity contribution in [3.63, 3.8) is 0 Å². The number of rotatable bonds is 4. The van der Waals surface area contributed by atoms with Crippen molar-refractivity contribution >= 4 is 0 Å². The molecule has 0 aromatic carbocycles. The summed E-state index contributed by atoms with van der Waals surface area (Å²) in [6, 6.07) is 2.25. The summed E-state index contributed by atoms with van der Waals surface area (Å²) >= 11 is 0. The van der Waals surface area contributed by atoms with Crippen LogP contribution in [0.2, 0.25) is 0 Å². The maximum atomic E-state index is 3.86. The fourth-order valence-electron chi connectivity index (χ4n) is 4.79. The average molecular weight is 293 g/mol. The molecule has 4 unspecified atom stereocenters. The van der Waals surface area contributed by atoms with E-state index in [1.54, 1.807) is 0 Å². The van der Waals surface area contributed by atoms with Crippen LogP contribution in [0.3, 0.4) is 0 Å². The summed E-state index contributed by atoms with van der Waals surface area (Å²) in [5, 5.41) is 3.86. The van der Waals surface area contributed by atoms with Gasteiger partial charge in [0.15, 0.2) is 0 Å². The second-order valence-electron chi connectivity index (χ2n) is 8.11. The molecule has 0 aliphatic carbocycles. The Labute approximate surface area is 131 Å². The Morgan fingerprint density at radius 2 is 1.81 bits per heavy atom. The van der Waals surface area contributed by atoms with E-state index in [-0.39, 0.29) is 0 Å². The van der Waals surface area contributed by atoms with Crippen molar-refractivity contribution in [3.05, 3.63) is 0 Å². The zero-order valence-corrected chi connectivity index (χ0v) is 14.5. The van der Waals surface area contributed by atoms with E-state index in [2.05, 4.69) is 42.8 Å². The standard InChI is InChI=1S/C18H35N3/c1-5-14(4)16-11-21(17(10-19-16)13(2)3)18-12-20-8-6-15(18)7-9-20/h13-19H,5-12H2,1-4H3. The van der Waals surface area contributed by atoms with Crippen LogP contribution in [0.4, 0.5) is 0 Å². The highest BCUT2D eigenvalue weighted by atomic mass is 15.3. The molecule has 4 aliphatic heterocycles. The lowest BCUT2D eigenvalue weighted by Gasteiger charge is -2.55. The monoisotopic (exact) mass is 293 g/mol. The van der Waals surface area contributed by atoms with Crippen molar-refractivity contribution in [1.82, 2.24) is 15.1 Å². The van der Waals surface area contributed by atoms with E-state index in [0.29, 0.717) is 6.04 Å². The molecule has 3 nitrogen and oxygen atoms in total. The molecule has 4 fully saturated rings. The first-order valence-electron chi connectivity index (χ1n) is 9.31. The van der Waals surface area contributed by atoms with Crippen LogP contribution in [0.15, 0.2) is 0 Å². The van der Waals surface area contributed by atoms with Gasteiger partial charge in [0.25, 0.3) is 0 Å². The molecule has 122 valence electrons. The van der Waals surface area contributed by atoms with Crippen molar-refractivity contribution in [2.75, 3.05) is 32.7 Å². The Morgan fingerprint density at radius 3 is 2.33 bits per heavy atom. The van der Waals surface area contributed by atoms with Gasteiger partial charge in [0, 0.05) is 37.8 Å². The van der Waals surface area contributed by atoms with E-state index >= 15 is 0 Å². The Hall–Kier alpha value is -0.120. The van der Waals surface area contributed by atoms with Crippen molar-refractivity contribution in [1.29, 1.82) is 0 Å². The third-order valence-electron chi connectivity index (χ3n) is 6.57. The Bertz CT molecular complexity index is 335. The summed E-state index contributed by atoms with van der Waals surface area (Å²) in [5.74, 6) is 2.51. The number of piperazine rings is 1. The molecule has 1 N–H and O–H groups in total. The van der Waals surface area contributed by atoms with Crippen LogP contribution in [0.5, 0.6) is 0 Å². The molecular weight excluding hydrogens is 258 g/mol. The van der Waals surface area contributed by atoms with Gasteiger partial charge in [-0.05, 0) is 43.7 Å². The third kappa shape index (κ3) is 3.16. The minimum atomic E-state index is 0.695. The van der Waals surface area contributed by atoms with Crippen LogP contribution in [-0.2, 0) is 0 Å². The number of nitrogens with zero attached hydrogens (tertiary/aromatic N) is 2. The number of hydrogen-bond donors (Lipinski definition) is 1. The predicted molar refractivity (Wildman–Crippen MR) is 89.5 cm³/mol. The molecule has 3 heteroatoms. The van der Waals surface area contributed by atoms with Gasteiger partial charge < -0.3 is 10.2 Å². The van der Waals surface area contributed by atoms with Gasteiger partial charge in [0.2, 0.25) is 0 Å². The molecule has 0 amide bonds. The highest BCUT2D eigenvalue weighted by Crippen LogP contribution is 2.34. The number of fused-ring (bicyclic) bond motifs is 3. The Balaban J connectivity index is 1.74. The van der Waals surface area contributed by atoms with Crippen molar-refractivity contribution in [2.45, 2.75) is 65.1 Å². The Morgan fingerprint density at radius 1 is 1.10 bits per heavy atom. The molecule has 4 rings (SSSR count).